The summed E-state index contributed by atoms with van der Waals surface area (Å²) in [6.07, 6.45) is 2.48. The fraction of sp³-hybridized carbons (Fsp3) is 0.700. The molecule has 1 heterocycles. The van der Waals surface area contributed by atoms with Crippen molar-refractivity contribution in [2.75, 3.05) is 0 Å². The van der Waals surface area contributed by atoms with Gasteiger partial charge in [-0.3, -0.25) is 4.79 Å². The van der Waals surface area contributed by atoms with Crippen molar-refractivity contribution in [3.05, 3.63) is 12.2 Å². The van der Waals surface area contributed by atoms with Gasteiger partial charge in [-0.2, -0.15) is 0 Å². The zero-order valence-electron chi connectivity index (χ0n) is 9.97. The first-order valence-corrected chi connectivity index (χ1v) is 5.42. The molecule has 6 heteroatoms. The zero-order valence-corrected chi connectivity index (χ0v) is 9.97. The van der Waals surface area contributed by atoms with Gasteiger partial charge in [-0.1, -0.05) is 20.3 Å². The van der Waals surface area contributed by atoms with Crippen LogP contribution >= 0.6 is 0 Å². The molecule has 1 amide bonds. The summed E-state index contributed by atoms with van der Waals surface area (Å²) in [7, 11) is 1.83. The lowest BCUT2D eigenvalue weighted by atomic mass is 9.99. The number of rotatable bonds is 5. The second-order valence-electron chi connectivity index (χ2n) is 3.99. The van der Waals surface area contributed by atoms with Gasteiger partial charge in [0, 0.05) is 7.05 Å². The van der Waals surface area contributed by atoms with Crippen molar-refractivity contribution in [3.63, 3.8) is 0 Å². The van der Waals surface area contributed by atoms with Crippen LogP contribution in [0.2, 0.25) is 0 Å². The number of nitrogens with zero attached hydrogens (tertiary/aromatic N) is 3. The van der Waals surface area contributed by atoms with Gasteiger partial charge in [0.05, 0.1) is 12.6 Å². The monoisotopic (exact) mass is 225 g/mol. The molecule has 90 valence electrons. The van der Waals surface area contributed by atoms with Gasteiger partial charge >= 0.3 is 0 Å². The Balaban J connectivity index is 2.44. The second-order valence-corrected chi connectivity index (χ2v) is 3.99. The van der Waals surface area contributed by atoms with E-state index in [0.717, 1.165) is 6.42 Å². The maximum Gasteiger partial charge on any atom is 0.237 e. The zero-order chi connectivity index (χ0) is 12.1. The van der Waals surface area contributed by atoms with Crippen molar-refractivity contribution < 1.29 is 4.79 Å². The molecule has 2 atom stereocenters. The highest BCUT2D eigenvalue weighted by Gasteiger charge is 2.19. The largest absolute Gasteiger partial charge is 0.347 e. The minimum atomic E-state index is -0.460. The summed E-state index contributed by atoms with van der Waals surface area (Å²) in [5, 5.41) is 10.3. The summed E-state index contributed by atoms with van der Waals surface area (Å²) in [5.41, 5.74) is 5.79. The smallest absolute Gasteiger partial charge is 0.237 e. The number of hydrogen-bond acceptors (Lipinski definition) is 4. The number of amides is 1. The average Bonchev–Trinajstić information content (AvgIpc) is 2.69. The van der Waals surface area contributed by atoms with Gasteiger partial charge in [0.1, 0.15) is 6.33 Å². The molecule has 1 unspecified atom stereocenters. The van der Waals surface area contributed by atoms with Crippen LogP contribution < -0.4 is 11.1 Å². The number of carbonyl (C=O) groups excluding carboxylic acids is 1. The van der Waals surface area contributed by atoms with E-state index in [9.17, 15) is 4.79 Å². The predicted molar refractivity (Wildman–Crippen MR) is 60.3 cm³/mol. The molecule has 0 bridgehead atoms. The summed E-state index contributed by atoms with van der Waals surface area (Å²) in [5.74, 6) is 0.751. The lowest BCUT2D eigenvalue weighted by molar-refractivity contribution is -0.123. The summed E-state index contributed by atoms with van der Waals surface area (Å²) >= 11 is 0. The van der Waals surface area contributed by atoms with Crippen molar-refractivity contribution in [3.8, 4) is 0 Å². The van der Waals surface area contributed by atoms with E-state index in [-0.39, 0.29) is 11.8 Å². The van der Waals surface area contributed by atoms with Crippen LogP contribution in [0.5, 0.6) is 0 Å². The first kappa shape index (κ1) is 12.6. The Morgan fingerprint density at radius 3 is 2.88 bits per heavy atom. The number of aryl methyl sites for hydroxylation is 1. The molecule has 6 nitrogen and oxygen atoms in total. The number of carbonyl (C=O) groups is 1. The highest BCUT2D eigenvalue weighted by molar-refractivity contribution is 5.81. The van der Waals surface area contributed by atoms with Crippen molar-refractivity contribution in [1.82, 2.24) is 20.1 Å². The Labute approximate surface area is 95.2 Å². The Kier molecular flexibility index (Phi) is 4.42. The number of hydrogen-bond donors (Lipinski definition) is 2. The topological polar surface area (TPSA) is 85.8 Å². The fourth-order valence-electron chi connectivity index (χ4n) is 1.26. The average molecular weight is 225 g/mol. The van der Waals surface area contributed by atoms with Crippen LogP contribution in [0.4, 0.5) is 0 Å². The number of nitrogens with two attached hydrogens (primary N) is 1. The van der Waals surface area contributed by atoms with Crippen LogP contribution in [0.15, 0.2) is 6.33 Å². The minimum absolute atomic E-state index is 0.141. The molecule has 1 rings (SSSR count). The molecule has 0 saturated heterocycles. The second kappa shape index (κ2) is 5.60. The highest BCUT2D eigenvalue weighted by atomic mass is 16.2. The van der Waals surface area contributed by atoms with Crippen molar-refractivity contribution in [2.45, 2.75) is 32.9 Å². The maximum absolute atomic E-state index is 11.7. The molecule has 0 radical (unpaired) electrons. The quantitative estimate of drug-likeness (QED) is 0.727. The Bertz CT molecular complexity index is 349. The molecule has 0 aliphatic heterocycles. The van der Waals surface area contributed by atoms with Crippen LogP contribution in [0, 0.1) is 5.92 Å². The highest BCUT2D eigenvalue weighted by Crippen LogP contribution is 2.05. The molecule has 0 fully saturated rings. The molecular formula is C10H19N5O. The molecule has 1 aromatic heterocycles. The SMILES string of the molecule is CCC(C)[C@H](N)C(=O)NCc1nncn1C. The maximum atomic E-state index is 11.7. The number of nitrogens with one attached hydrogen (secondary N) is 1. The van der Waals surface area contributed by atoms with Crippen molar-refractivity contribution in [2.24, 2.45) is 18.7 Å². The third-order valence-corrected chi connectivity index (χ3v) is 2.79. The van der Waals surface area contributed by atoms with Gasteiger partial charge in [-0.25, -0.2) is 0 Å². The van der Waals surface area contributed by atoms with Gasteiger partial charge < -0.3 is 15.6 Å². The Morgan fingerprint density at radius 2 is 2.38 bits per heavy atom. The molecule has 0 aliphatic carbocycles. The predicted octanol–water partition coefficient (Wildman–Crippen LogP) is -0.195. The van der Waals surface area contributed by atoms with Crippen LogP contribution in [0.1, 0.15) is 26.1 Å². The van der Waals surface area contributed by atoms with E-state index in [1.807, 2.05) is 20.9 Å². The standard InChI is InChI=1S/C10H19N5O/c1-4-7(2)9(11)10(16)12-5-8-14-13-6-15(8)3/h6-7,9H,4-5,11H2,1-3H3,(H,12,16)/t7?,9-/m0/s1. The molecule has 3 N–H and O–H groups in total. The van der Waals surface area contributed by atoms with E-state index in [0.29, 0.717) is 12.4 Å². The lowest BCUT2D eigenvalue weighted by Crippen LogP contribution is -2.44. The fourth-order valence-corrected chi connectivity index (χ4v) is 1.26. The Hall–Kier alpha value is -1.43. The summed E-state index contributed by atoms with van der Waals surface area (Å²) < 4.78 is 1.76. The van der Waals surface area contributed by atoms with Crippen molar-refractivity contribution >= 4 is 5.91 Å². The van der Waals surface area contributed by atoms with Crippen LogP contribution in [-0.2, 0) is 18.4 Å². The third-order valence-electron chi connectivity index (χ3n) is 2.79. The third kappa shape index (κ3) is 3.03. The summed E-state index contributed by atoms with van der Waals surface area (Å²) in [6, 6.07) is -0.460. The van der Waals surface area contributed by atoms with Gasteiger partial charge in [0.25, 0.3) is 0 Å². The Morgan fingerprint density at radius 1 is 1.69 bits per heavy atom. The van der Waals surface area contributed by atoms with E-state index in [1.54, 1.807) is 10.9 Å². The van der Waals surface area contributed by atoms with Gasteiger partial charge in [-0.15, -0.1) is 10.2 Å². The molecule has 0 saturated carbocycles. The summed E-state index contributed by atoms with van der Waals surface area (Å²) in [6.45, 7) is 4.34. The van der Waals surface area contributed by atoms with E-state index in [4.69, 9.17) is 5.73 Å². The molecule has 0 spiro atoms. The molecular weight excluding hydrogens is 206 g/mol. The molecule has 0 aliphatic rings. The van der Waals surface area contributed by atoms with Crippen LogP contribution in [0.25, 0.3) is 0 Å². The lowest BCUT2D eigenvalue weighted by Gasteiger charge is -2.17. The van der Waals surface area contributed by atoms with Gasteiger partial charge in [0.15, 0.2) is 5.82 Å². The minimum Gasteiger partial charge on any atom is -0.347 e. The van der Waals surface area contributed by atoms with E-state index in [1.165, 1.54) is 0 Å². The molecule has 1 aromatic rings. The van der Waals surface area contributed by atoms with E-state index >= 15 is 0 Å². The van der Waals surface area contributed by atoms with Gasteiger partial charge in [-0.05, 0) is 5.92 Å². The molecule has 16 heavy (non-hydrogen) atoms. The van der Waals surface area contributed by atoms with Crippen molar-refractivity contribution in [1.29, 1.82) is 0 Å². The number of aromatic nitrogens is 3. The van der Waals surface area contributed by atoms with E-state index in [2.05, 4.69) is 15.5 Å². The first-order valence-electron chi connectivity index (χ1n) is 5.42. The van der Waals surface area contributed by atoms with Crippen LogP contribution in [0.3, 0.4) is 0 Å². The normalized spacial score (nSPS) is 14.5. The first-order chi connectivity index (χ1) is 7.56. The van der Waals surface area contributed by atoms with E-state index < -0.39 is 6.04 Å². The van der Waals surface area contributed by atoms with Gasteiger partial charge in [0.2, 0.25) is 5.91 Å². The van der Waals surface area contributed by atoms with Crippen LogP contribution in [-0.4, -0.2) is 26.7 Å². The molecule has 0 aromatic carbocycles. The summed E-state index contributed by atoms with van der Waals surface area (Å²) in [4.78, 5) is 11.7.